The first-order chi connectivity index (χ1) is 8.16. The van der Waals surface area contributed by atoms with Crippen molar-refractivity contribution in [3.05, 3.63) is 58.3 Å². The van der Waals surface area contributed by atoms with Crippen LogP contribution in [0.25, 0.3) is 0 Å². The lowest BCUT2D eigenvalue weighted by atomic mass is 10.2. The van der Waals surface area contributed by atoms with Gasteiger partial charge < -0.3 is 10.4 Å². The van der Waals surface area contributed by atoms with Gasteiger partial charge in [0.25, 0.3) is 0 Å². The Hall–Kier alpha value is -1.55. The molecule has 0 aliphatic carbocycles. The number of phenols is 1. The number of nitrogens with one attached hydrogen (secondary N) is 1. The second kappa shape index (κ2) is 5.19. The number of aromatic hydroxyl groups is 1. The third-order valence-electron chi connectivity index (χ3n) is 2.38. The van der Waals surface area contributed by atoms with Crippen LogP contribution in [0, 0.1) is 5.82 Å². The molecule has 2 rings (SSSR count). The molecule has 0 bridgehead atoms. The number of phenolic OH excluding ortho intramolecular Hbond substituents is 1. The van der Waals surface area contributed by atoms with E-state index in [-0.39, 0.29) is 5.75 Å². The predicted octanol–water partition coefficient (Wildman–Crippen LogP) is 3.91. The maximum Gasteiger partial charge on any atom is 0.165 e. The normalized spacial score (nSPS) is 10.2. The molecule has 0 saturated heterocycles. The van der Waals surface area contributed by atoms with Crippen molar-refractivity contribution >= 4 is 21.6 Å². The molecule has 17 heavy (non-hydrogen) atoms. The maximum atomic E-state index is 13.1. The van der Waals surface area contributed by atoms with Crippen LogP contribution in [0.3, 0.4) is 0 Å². The van der Waals surface area contributed by atoms with Gasteiger partial charge >= 0.3 is 0 Å². The highest BCUT2D eigenvalue weighted by Gasteiger charge is 2.05. The highest BCUT2D eigenvalue weighted by atomic mass is 79.9. The lowest BCUT2D eigenvalue weighted by Gasteiger charge is -2.08. The Bertz CT molecular complexity index is 531. The quantitative estimate of drug-likeness (QED) is 0.900. The monoisotopic (exact) mass is 295 g/mol. The summed E-state index contributed by atoms with van der Waals surface area (Å²) in [5.41, 5.74) is 1.44. The fourth-order valence-electron chi connectivity index (χ4n) is 1.50. The van der Waals surface area contributed by atoms with E-state index < -0.39 is 5.82 Å². The van der Waals surface area contributed by atoms with E-state index in [0.29, 0.717) is 12.1 Å². The zero-order chi connectivity index (χ0) is 12.3. The third kappa shape index (κ3) is 2.97. The highest BCUT2D eigenvalue weighted by molar-refractivity contribution is 9.10. The van der Waals surface area contributed by atoms with Gasteiger partial charge in [-0.15, -0.1) is 0 Å². The summed E-state index contributed by atoms with van der Waals surface area (Å²) >= 11 is 3.37. The molecule has 2 N–H and O–H groups in total. The van der Waals surface area contributed by atoms with Crippen LogP contribution in [0.15, 0.2) is 46.9 Å². The van der Waals surface area contributed by atoms with Crippen molar-refractivity contribution in [3.63, 3.8) is 0 Å². The Morgan fingerprint density at radius 3 is 2.71 bits per heavy atom. The molecule has 0 aliphatic heterocycles. The van der Waals surface area contributed by atoms with Gasteiger partial charge in [-0.05, 0) is 24.3 Å². The smallest absolute Gasteiger partial charge is 0.165 e. The summed E-state index contributed by atoms with van der Waals surface area (Å²) in [6.07, 6.45) is 0. The summed E-state index contributed by atoms with van der Waals surface area (Å²) in [6.45, 7) is 0.375. The van der Waals surface area contributed by atoms with Gasteiger partial charge in [0.15, 0.2) is 11.6 Å². The number of para-hydroxylation sites is 1. The number of hydrogen-bond acceptors (Lipinski definition) is 2. The van der Waals surface area contributed by atoms with Crippen molar-refractivity contribution in [2.45, 2.75) is 6.54 Å². The number of halogens is 2. The summed E-state index contributed by atoms with van der Waals surface area (Å²) < 4.78 is 14.0. The first kappa shape index (κ1) is 11.9. The molecule has 88 valence electrons. The van der Waals surface area contributed by atoms with Crippen LogP contribution in [0.5, 0.6) is 5.75 Å². The molecule has 2 aromatic carbocycles. The highest BCUT2D eigenvalue weighted by Crippen LogP contribution is 2.22. The molecule has 0 radical (unpaired) electrons. The van der Waals surface area contributed by atoms with E-state index in [2.05, 4.69) is 21.2 Å². The summed E-state index contributed by atoms with van der Waals surface area (Å²) in [7, 11) is 0. The van der Waals surface area contributed by atoms with Crippen LogP contribution in [-0.4, -0.2) is 5.11 Å². The van der Waals surface area contributed by atoms with Gasteiger partial charge in [-0.25, -0.2) is 4.39 Å². The summed E-state index contributed by atoms with van der Waals surface area (Å²) in [4.78, 5) is 0. The minimum absolute atomic E-state index is 0.296. The molecular weight excluding hydrogens is 285 g/mol. The average Bonchev–Trinajstić information content (AvgIpc) is 2.31. The van der Waals surface area contributed by atoms with Crippen molar-refractivity contribution < 1.29 is 9.50 Å². The van der Waals surface area contributed by atoms with Crippen LogP contribution in [-0.2, 0) is 6.54 Å². The van der Waals surface area contributed by atoms with Crippen LogP contribution >= 0.6 is 15.9 Å². The topological polar surface area (TPSA) is 32.3 Å². The third-order valence-corrected chi connectivity index (χ3v) is 2.87. The molecule has 2 aromatic rings. The standard InChI is InChI=1S/C13H11BrFNO/c14-10-4-2-5-11(7-10)16-8-9-3-1-6-12(15)13(9)17/h1-7,16-17H,8H2. The number of rotatable bonds is 3. The zero-order valence-electron chi connectivity index (χ0n) is 8.95. The van der Waals surface area contributed by atoms with Crippen LogP contribution in [0.4, 0.5) is 10.1 Å². The van der Waals surface area contributed by atoms with Gasteiger partial charge in [-0.1, -0.05) is 34.1 Å². The molecular formula is C13H11BrFNO. The van der Waals surface area contributed by atoms with E-state index in [1.54, 1.807) is 12.1 Å². The van der Waals surface area contributed by atoms with Crippen molar-refractivity contribution in [1.82, 2.24) is 0 Å². The molecule has 2 nitrogen and oxygen atoms in total. The van der Waals surface area contributed by atoms with Crippen LogP contribution in [0.2, 0.25) is 0 Å². The fraction of sp³-hybridized carbons (Fsp3) is 0.0769. The van der Waals surface area contributed by atoms with E-state index in [4.69, 9.17) is 0 Å². The van der Waals surface area contributed by atoms with Gasteiger partial charge in [0, 0.05) is 22.3 Å². The van der Waals surface area contributed by atoms with E-state index in [0.717, 1.165) is 10.2 Å². The molecule has 0 unspecified atom stereocenters. The minimum Gasteiger partial charge on any atom is -0.505 e. The molecule has 0 saturated carbocycles. The summed E-state index contributed by atoms with van der Waals surface area (Å²) in [5.74, 6) is -0.895. The second-order valence-electron chi connectivity index (χ2n) is 3.61. The first-order valence-electron chi connectivity index (χ1n) is 5.12. The second-order valence-corrected chi connectivity index (χ2v) is 4.53. The fourth-order valence-corrected chi connectivity index (χ4v) is 1.90. The van der Waals surface area contributed by atoms with E-state index in [1.807, 2.05) is 24.3 Å². The van der Waals surface area contributed by atoms with Crippen molar-refractivity contribution in [1.29, 1.82) is 0 Å². The van der Waals surface area contributed by atoms with Crippen LogP contribution < -0.4 is 5.32 Å². The van der Waals surface area contributed by atoms with E-state index >= 15 is 0 Å². The van der Waals surface area contributed by atoms with Crippen LogP contribution in [0.1, 0.15) is 5.56 Å². The summed E-state index contributed by atoms with van der Waals surface area (Å²) in [6, 6.07) is 12.1. The summed E-state index contributed by atoms with van der Waals surface area (Å²) in [5, 5.41) is 12.6. The molecule has 4 heteroatoms. The Morgan fingerprint density at radius 2 is 1.94 bits per heavy atom. The zero-order valence-corrected chi connectivity index (χ0v) is 10.5. The molecule has 0 aliphatic rings. The van der Waals surface area contributed by atoms with Gasteiger partial charge in [0.05, 0.1) is 0 Å². The molecule has 0 fully saturated rings. The maximum absolute atomic E-state index is 13.1. The van der Waals surface area contributed by atoms with Gasteiger partial charge in [0.1, 0.15) is 0 Å². The Labute approximate surface area is 107 Å². The average molecular weight is 296 g/mol. The lowest BCUT2D eigenvalue weighted by molar-refractivity contribution is 0.427. The number of benzene rings is 2. The van der Waals surface area contributed by atoms with Crippen molar-refractivity contribution in [3.8, 4) is 5.75 Å². The lowest BCUT2D eigenvalue weighted by Crippen LogP contribution is -2.00. The Balaban J connectivity index is 2.10. The molecule has 0 atom stereocenters. The van der Waals surface area contributed by atoms with Gasteiger partial charge in [-0.3, -0.25) is 0 Å². The Kier molecular flexibility index (Phi) is 3.64. The van der Waals surface area contributed by atoms with Crippen molar-refractivity contribution in [2.24, 2.45) is 0 Å². The predicted molar refractivity (Wildman–Crippen MR) is 69.5 cm³/mol. The van der Waals surface area contributed by atoms with E-state index in [9.17, 15) is 9.50 Å². The van der Waals surface area contributed by atoms with Gasteiger partial charge in [-0.2, -0.15) is 0 Å². The number of anilines is 1. The first-order valence-corrected chi connectivity index (χ1v) is 5.92. The Morgan fingerprint density at radius 1 is 1.18 bits per heavy atom. The van der Waals surface area contributed by atoms with Crippen molar-refractivity contribution in [2.75, 3.05) is 5.32 Å². The molecule has 0 heterocycles. The number of hydrogen-bond donors (Lipinski definition) is 2. The van der Waals surface area contributed by atoms with E-state index in [1.165, 1.54) is 6.07 Å². The molecule has 0 aromatic heterocycles. The van der Waals surface area contributed by atoms with Gasteiger partial charge in [0.2, 0.25) is 0 Å². The molecule has 0 spiro atoms. The molecule has 0 amide bonds. The SMILES string of the molecule is Oc1c(F)cccc1CNc1cccc(Br)c1. The largest absolute Gasteiger partial charge is 0.505 e. The minimum atomic E-state index is -0.599.